The highest BCUT2D eigenvalue weighted by Gasteiger charge is 2.37. The van der Waals surface area contributed by atoms with Crippen LogP contribution in [0.15, 0.2) is 67.1 Å². The summed E-state index contributed by atoms with van der Waals surface area (Å²) in [7, 11) is 1.64. The number of benzene rings is 1. The number of hydrogen-bond acceptors (Lipinski definition) is 7. The number of nitrogens with zero attached hydrogens (tertiary/aromatic N) is 6. The molecule has 200 valence electrons. The minimum Gasteiger partial charge on any atom is -0.497 e. The summed E-state index contributed by atoms with van der Waals surface area (Å²) >= 11 is 0. The Morgan fingerprint density at radius 1 is 1.05 bits per heavy atom. The van der Waals surface area contributed by atoms with Crippen LogP contribution in [0, 0.1) is 0 Å². The Kier molecular flexibility index (Phi) is 5.74. The summed E-state index contributed by atoms with van der Waals surface area (Å²) in [6, 6.07) is 15.5. The van der Waals surface area contributed by atoms with Crippen LogP contribution in [0.5, 0.6) is 5.75 Å². The summed E-state index contributed by atoms with van der Waals surface area (Å²) < 4.78 is 32.7. The van der Waals surface area contributed by atoms with Gasteiger partial charge in [0.1, 0.15) is 11.3 Å². The van der Waals surface area contributed by atoms with Gasteiger partial charge in [-0.05, 0) is 47.5 Å². The first kappa shape index (κ1) is 24.3. The molecule has 0 bridgehead atoms. The molecule has 2 N–H and O–H groups in total. The molecule has 0 aliphatic carbocycles. The minimum atomic E-state index is -2.63. The molecule has 1 fully saturated rings. The van der Waals surface area contributed by atoms with Gasteiger partial charge in [-0.15, -0.1) is 0 Å². The summed E-state index contributed by atoms with van der Waals surface area (Å²) in [6.07, 6.45) is 5.05. The summed E-state index contributed by atoms with van der Waals surface area (Å²) in [5.41, 5.74) is 7.57. The first-order valence-corrected chi connectivity index (χ1v) is 12.8. The van der Waals surface area contributed by atoms with Gasteiger partial charge < -0.3 is 9.72 Å². The second kappa shape index (κ2) is 9.45. The molecule has 9 nitrogen and oxygen atoms in total. The Hall–Kier alpha value is -4.77. The van der Waals surface area contributed by atoms with Crippen molar-refractivity contribution < 1.29 is 13.5 Å². The van der Waals surface area contributed by atoms with Gasteiger partial charge in [-0.25, -0.2) is 23.7 Å². The van der Waals surface area contributed by atoms with Crippen LogP contribution in [0.1, 0.15) is 12.0 Å². The van der Waals surface area contributed by atoms with Crippen LogP contribution >= 0.6 is 0 Å². The molecule has 6 aromatic rings. The van der Waals surface area contributed by atoms with Crippen molar-refractivity contribution in [3.63, 3.8) is 0 Å². The highest BCUT2D eigenvalue weighted by atomic mass is 19.3. The molecule has 40 heavy (non-hydrogen) atoms. The number of pyridine rings is 3. The molecule has 1 aliphatic rings. The topological polar surface area (TPSA) is 108 Å². The summed E-state index contributed by atoms with van der Waals surface area (Å²) in [6.45, 7) is 0.550. The lowest BCUT2D eigenvalue weighted by atomic mass is 10.1. The maximum Gasteiger partial charge on any atom is 0.261 e. The number of likely N-dealkylation sites (tertiary alicyclic amines) is 1. The third-order valence-corrected chi connectivity index (χ3v) is 7.15. The van der Waals surface area contributed by atoms with Crippen LogP contribution in [-0.2, 0) is 6.54 Å². The number of imidazole rings is 1. The van der Waals surface area contributed by atoms with E-state index in [1.165, 1.54) is 0 Å². The fourth-order valence-corrected chi connectivity index (χ4v) is 5.19. The number of aromatic amines is 2. The van der Waals surface area contributed by atoms with Gasteiger partial charge in [-0.3, -0.25) is 15.0 Å². The van der Waals surface area contributed by atoms with Crippen molar-refractivity contribution in [1.29, 1.82) is 0 Å². The maximum atomic E-state index is 13.7. The van der Waals surface area contributed by atoms with E-state index in [1.807, 2.05) is 48.5 Å². The van der Waals surface area contributed by atoms with Gasteiger partial charge in [0.2, 0.25) is 0 Å². The predicted octanol–water partition coefficient (Wildman–Crippen LogP) is 5.47. The Bertz CT molecular complexity index is 1860. The van der Waals surface area contributed by atoms with Crippen LogP contribution in [0.4, 0.5) is 8.78 Å². The number of fused-ring (bicyclic) bond motifs is 2. The highest BCUT2D eigenvalue weighted by molar-refractivity contribution is 5.95. The molecule has 0 unspecified atom stereocenters. The quantitative estimate of drug-likeness (QED) is 0.289. The Morgan fingerprint density at radius 3 is 2.83 bits per heavy atom. The SMILES string of the molecule is COc1cccc(-c2ccnc3nc(-c4n[nH]c5ccc(-c6cncc(CN7CCC(F)(F)C7)c6)nc45)[nH]c23)c1. The van der Waals surface area contributed by atoms with E-state index in [4.69, 9.17) is 14.7 Å². The zero-order valence-electron chi connectivity index (χ0n) is 21.5. The second-order valence-electron chi connectivity index (χ2n) is 9.94. The normalized spacial score (nSPS) is 15.3. The standard InChI is InChI=1S/C29H24F2N8O/c1-40-20-4-2-3-18(12-20)21-7-9-33-27-24(21)35-28(36-27)26-25-23(37-38-26)6-5-22(34-25)19-11-17(13-32-14-19)15-39-10-8-29(30,31)16-39/h2-7,9,11-14H,8,10,15-16H2,1H3,(H,37,38)(H,33,35,36). The van der Waals surface area contributed by atoms with Gasteiger partial charge in [0, 0.05) is 49.2 Å². The van der Waals surface area contributed by atoms with Crippen LogP contribution in [0.25, 0.3) is 56.1 Å². The van der Waals surface area contributed by atoms with E-state index in [-0.39, 0.29) is 13.0 Å². The smallest absolute Gasteiger partial charge is 0.261 e. The van der Waals surface area contributed by atoms with E-state index in [0.717, 1.165) is 39.0 Å². The molecule has 0 spiro atoms. The number of methoxy groups -OCH3 is 1. The number of H-pyrrole nitrogens is 2. The van der Waals surface area contributed by atoms with Crippen molar-refractivity contribution in [2.24, 2.45) is 0 Å². The molecule has 1 aliphatic heterocycles. The number of alkyl halides is 2. The molecule has 0 atom stereocenters. The van der Waals surface area contributed by atoms with E-state index in [9.17, 15) is 8.78 Å². The van der Waals surface area contributed by atoms with E-state index in [2.05, 4.69) is 25.1 Å². The zero-order valence-corrected chi connectivity index (χ0v) is 21.5. The third-order valence-electron chi connectivity index (χ3n) is 7.15. The van der Waals surface area contributed by atoms with Gasteiger partial charge in [0.05, 0.1) is 30.4 Å². The van der Waals surface area contributed by atoms with Gasteiger partial charge in [0.25, 0.3) is 5.92 Å². The number of hydrogen-bond donors (Lipinski definition) is 2. The number of ether oxygens (including phenoxy) is 1. The predicted molar refractivity (Wildman–Crippen MR) is 147 cm³/mol. The van der Waals surface area contributed by atoms with Gasteiger partial charge in [-0.2, -0.15) is 5.10 Å². The molecule has 0 radical (unpaired) electrons. The fourth-order valence-electron chi connectivity index (χ4n) is 5.19. The van der Waals surface area contributed by atoms with Crippen molar-refractivity contribution in [1.82, 2.24) is 40.0 Å². The number of aromatic nitrogens is 7. The zero-order chi connectivity index (χ0) is 27.3. The van der Waals surface area contributed by atoms with E-state index in [0.29, 0.717) is 41.5 Å². The first-order chi connectivity index (χ1) is 19.5. The molecular weight excluding hydrogens is 514 g/mol. The second-order valence-corrected chi connectivity index (χ2v) is 9.94. The van der Waals surface area contributed by atoms with Crippen molar-refractivity contribution in [3.05, 3.63) is 72.7 Å². The summed E-state index contributed by atoms with van der Waals surface area (Å²) in [5.74, 6) is -1.33. The van der Waals surface area contributed by atoms with E-state index in [1.54, 1.807) is 30.6 Å². The molecule has 5 aromatic heterocycles. The fraction of sp³-hybridized carbons (Fsp3) is 0.207. The van der Waals surface area contributed by atoms with E-state index >= 15 is 0 Å². The van der Waals surface area contributed by atoms with Crippen LogP contribution < -0.4 is 4.74 Å². The van der Waals surface area contributed by atoms with Crippen molar-refractivity contribution >= 4 is 22.2 Å². The van der Waals surface area contributed by atoms with Crippen LogP contribution in [0.2, 0.25) is 0 Å². The molecule has 0 amide bonds. The molecule has 6 heterocycles. The average molecular weight is 539 g/mol. The van der Waals surface area contributed by atoms with Gasteiger partial charge in [0.15, 0.2) is 17.2 Å². The molecule has 11 heteroatoms. The van der Waals surface area contributed by atoms with Gasteiger partial charge in [-0.1, -0.05) is 12.1 Å². The first-order valence-electron chi connectivity index (χ1n) is 12.8. The molecule has 1 saturated heterocycles. The van der Waals surface area contributed by atoms with Crippen LogP contribution in [0.3, 0.4) is 0 Å². The lowest BCUT2D eigenvalue weighted by molar-refractivity contribution is 0.0115. The molecule has 0 saturated carbocycles. The third kappa shape index (κ3) is 4.43. The van der Waals surface area contributed by atoms with Crippen molar-refractivity contribution in [3.8, 4) is 39.7 Å². The highest BCUT2D eigenvalue weighted by Crippen LogP contribution is 2.33. The van der Waals surface area contributed by atoms with Gasteiger partial charge >= 0.3 is 0 Å². The molecule has 7 rings (SSSR count). The summed E-state index contributed by atoms with van der Waals surface area (Å²) in [5, 5.41) is 7.54. The lowest BCUT2D eigenvalue weighted by Crippen LogP contribution is -2.24. The van der Waals surface area contributed by atoms with Crippen molar-refractivity contribution in [2.45, 2.75) is 18.9 Å². The minimum absolute atomic E-state index is 0.111. The lowest BCUT2D eigenvalue weighted by Gasteiger charge is -2.15. The van der Waals surface area contributed by atoms with E-state index < -0.39 is 5.92 Å². The number of nitrogens with one attached hydrogen (secondary N) is 2. The number of rotatable bonds is 6. The van der Waals surface area contributed by atoms with Crippen molar-refractivity contribution in [2.75, 3.05) is 20.2 Å². The van der Waals surface area contributed by atoms with Crippen LogP contribution in [-0.4, -0.2) is 66.1 Å². The summed E-state index contributed by atoms with van der Waals surface area (Å²) in [4.78, 5) is 23.6. The Balaban J connectivity index is 1.24. The Morgan fingerprint density at radius 2 is 1.98 bits per heavy atom. The number of halogens is 2. The molecule has 1 aromatic carbocycles. The largest absolute Gasteiger partial charge is 0.497 e. The maximum absolute atomic E-state index is 13.7. The average Bonchev–Trinajstić information content (AvgIpc) is 3.68. The monoisotopic (exact) mass is 538 g/mol. The Labute approximate surface area is 227 Å². The molecular formula is C29H24F2N8O.